The van der Waals surface area contributed by atoms with Crippen LogP contribution in [0.25, 0.3) is 22.0 Å². The second-order valence-corrected chi connectivity index (χ2v) is 13.5. The number of nitrogens with one attached hydrogen (secondary N) is 1. The van der Waals surface area contributed by atoms with Crippen molar-refractivity contribution in [1.82, 2.24) is 20.2 Å². The number of amides is 1. The molecular formula is C32H34ClF2N5O4. The Morgan fingerprint density at radius 3 is 2.80 bits per heavy atom. The average Bonchev–Trinajstić information content (AvgIpc) is 3.55. The molecule has 0 bridgehead atoms. The number of aromatic nitrogens is 2. The van der Waals surface area contributed by atoms with Crippen molar-refractivity contribution in [2.45, 2.75) is 68.2 Å². The average molecular weight is 626 g/mol. The zero-order chi connectivity index (χ0) is 30.2. The smallest absolute Gasteiger partial charge is 0.407 e. The number of phenols is 1. The molecule has 1 unspecified atom stereocenters. The number of benzene rings is 2. The topological polar surface area (TPSA) is 100 Å². The molecule has 4 aliphatic heterocycles. The van der Waals surface area contributed by atoms with Crippen molar-refractivity contribution >= 4 is 34.4 Å². The molecule has 4 saturated heterocycles. The summed E-state index contributed by atoms with van der Waals surface area (Å²) in [6, 6.07) is 6.56. The Kier molecular flexibility index (Phi) is 6.57. The third-order valence-corrected chi connectivity index (χ3v) is 10.4. The molecule has 5 aliphatic rings. The quantitative estimate of drug-likeness (QED) is 0.360. The molecule has 1 spiro atoms. The lowest BCUT2D eigenvalue weighted by Gasteiger charge is -2.39. The molecule has 44 heavy (non-hydrogen) atoms. The third kappa shape index (κ3) is 4.70. The van der Waals surface area contributed by atoms with Gasteiger partial charge in [-0.15, -0.1) is 0 Å². The summed E-state index contributed by atoms with van der Waals surface area (Å²) in [5.41, 5.74) is 0.612. The van der Waals surface area contributed by atoms with Gasteiger partial charge in [-0.25, -0.2) is 13.6 Å². The van der Waals surface area contributed by atoms with E-state index in [1.807, 2.05) is 4.90 Å². The summed E-state index contributed by atoms with van der Waals surface area (Å²) in [6.45, 7) is 2.82. The number of ether oxygens (including phenoxy) is 2. The van der Waals surface area contributed by atoms with E-state index in [0.717, 1.165) is 44.2 Å². The standard InChI is InChI=1S/C32H34ClF2N5O4/c33-24-12-20(41)11-23(25(24)18-3-4-18)21-5-6-22-27(26(21)35)37-29(43-17-31-7-1-10-40(31)14-19(34)13-31)38-28(22)39-9-2-8-32(16-39)15-36-30(42)44-32/h5-6,11-12,18-19,41H,1-4,7-10,13-17H2,(H,36,42)/t19-,31+,32?/m1/s1. The SMILES string of the molecule is O=C1NCC2(CCCN(c3nc(OC[C@@]45CCCN4C[C@H](F)C5)nc4c(F)c(-c5cc(O)cc(Cl)c5C5CC5)ccc34)C2)O1. The number of alkyl halides is 1. The highest BCUT2D eigenvalue weighted by molar-refractivity contribution is 6.32. The Morgan fingerprint density at radius 2 is 2.00 bits per heavy atom. The van der Waals surface area contributed by atoms with Gasteiger partial charge in [-0.3, -0.25) is 4.90 Å². The molecule has 5 fully saturated rings. The Bertz CT molecular complexity index is 1670. The lowest BCUT2D eigenvalue weighted by atomic mass is 9.92. The maximum Gasteiger partial charge on any atom is 0.407 e. The van der Waals surface area contributed by atoms with Crippen LogP contribution in [0.4, 0.5) is 19.4 Å². The number of aromatic hydroxyl groups is 1. The van der Waals surface area contributed by atoms with Crippen molar-refractivity contribution in [2.75, 3.05) is 44.2 Å². The monoisotopic (exact) mass is 625 g/mol. The van der Waals surface area contributed by atoms with Crippen LogP contribution in [-0.2, 0) is 4.74 Å². The number of anilines is 1. The van der Waals surface area contributed by atoms with Gasteiger partial charge in [0, 0.05) is 35.5 Å². The van der Waals surface area contributed by atoms with Crippen LogP contribution < -0.4 is 15.0 Å². The molecule has 1 amide bonds. The Hall–Kier alpha value is -3.44. The van der Waals surface area contributed by atoms with Crippen molar-refractivity contribution in [3.8, 4) is 22.9 Å². The highest BCUT2D eigenvalue weighted by Crippen LogP contribution is 2.50. The maximum absolute atomic E-state index is 16.7. The van der Waals surface area contributed by atoms with E-state index in [-0.39, 0.29) is 35.4 Å². The first kappa shape index (κ1) is 28.1. The number of alkyl carbamates (subject to hydrolysis) is 1. The predicted molar refractivity (Wildman–Crippen MR) is 161 cm³/mol. The molecule has 1 aliphatic carbocycles. The summed E-state index contributed by atoms with van der Waals surface area (Å²) in [6.07, 6.45) is 4.18. The van der Waals surface area contributed by atoms with Gasteiger partial charge < -0.3 is 24.8 Å². The first-order valence-corrected chi connectivity index (χ1v) is 15.9. The van der Waals surface area contributed by atoms with Gasteiger partial charge in [-0.05, 0) is 80.3 Å². The molecule has 3 atom stereocenters. The summed E-state index contributed by atoms with van der Waals surface area (Å²) in [5.74, 6) is 0.0948. The lowest BCUT2D eigenvalue weighted by Crippen LogP contribution is -2.51. The molecule has 12 heteroatoms. The molecule has 9 nitrogen and oxygen atoms in total. The van der Waals surface area contributed by atoms with E-state index in [1.165, 1.54) is 6.07 Å². The summed E-state index contributed by atoms with van der Waals surface area (Å²) >= 11 is 6.56. The number of nitrogens with zero attached hydrogens (tertiary/aromatic N) is 4. The van der Waals surface area contributed by atoms with Crippen LogP contribution in [0.2, 0.25) is 5.02 Å². The van der Waals surface area contributed by atoms with Crippen LogP contribution >= 0.6 is 11.6 Å². The molecule has 3 aromatic rings. The van der Waals surface area contributed by atoms with E-state index in [4.69, 9.17) is 26.1 Å². The van der Waals surface area contributed by atoms with E-state index in [1.54, 1.807) is 18.2 Å². The number of hydrogen-bond acceptors (Lipinski definition) is 8. The first-order valence-electron chi connectivity index (χ1n) is 15.5. The summed E-state index contributed by atoms with van der Waals surface area (Å²) in [7, 11) is 0. The van der Waals surface area contributed by atoms with E-state index in [0.29, 0.717) is 60.8 Å². The van der Waals surface area contributed by atoms with Gasteiger partial charge >= 0.3 is 12.1 Å². The summed E-state index contributed by atoms with van der Waals surface area (Å²) in [4.78, 5) is 25.6. The van der Waals surface area contributed by atoms with E-state index in [2.05, 4.69) is 15.2 Å². The molecule has 1 aromatic heterocycles. The summed E-state index contributed by atoms with van der Waals surface area (Å²) < 4.78 is 43.1. The normalized spacial score (nSPS) is 28.5. The zero-order valence-corrected chi connectivity index (χ0v) is 25.0. The number of carbonyl (C=O) groups excluding carboxylic acids is 1. The van der Waals surface area contributed by atoms with Crippen LogP contribution in [0.1, 0.15) is 56.4 Å². The highest BCUT2D eigenvalue weighted by Gasteiger charge is 2.49. The van der Waals surface area contributed by atoms with Gasteiger partial charge in [0.2, 0.25) is 0 Å². The van der Waals surface area contributed by atoms with Crippen LogP contribution in [0, 0.1) is 5.82 Å². The largest absolute Gasteiger partial charge is 0.508 e. The molecule has 1 saturated carbocycles. The van der Waals surface area contributed by atoms with Crippen molar-refractivity contribution in [3.05, 3.63) is 40.7 Å². The Labute approximate surface area is 258 Å². The molecule has 2 aromatic carbocycles. The number of halogens is 3. The van der Waals surface area contributed by atoms with Gasteiger partial charge in [-0.2, -0.15) is 9.97 Å². The minimum absolute atomic E-state index is 0.0182. The number of fused-ring (bicyclic) bond motifs is 2. The van der Waals surface area contributed by atoms with Gasteiger partial charge in [0.25, 0.3) is 0 Å². The van der Waals surface area contributed by atoms with Crippen molar-refractivity contribution in [2.24, 2.45) is 0 Å². The second kappa shape index (κ2) is 10.3. The van der Waals surface area contributed by atoms with Gasteiger partial charge in [-0.1, -0.05) is 17.7 Å². The van der Waals surface area contributed by atoms with E-state index in [9.17, 15) is 14.3 Å². The van der Waals surface area contributed by atoms with Crippen LogP contribution in [0.3, 0.4) is 0 Å². The van der Waals surface area contributed by atoms with E-state index >= 15 is 4.39 Å². The fourth-order valence-corrected chi connectivity index (χ4v) is 8.28. The first-order chi connectivity index (χ1) is 21.2. The fraction of sp³-hybridized carbons (Fsp3) is 0.531. The fourth-order valence-electron chi connectivity index (χ4n) is 7.91. The lowest BCUT2D eigenvalue weighted by molar-refractivity contribution is 0.0445. The second-order valence-electron chi connectivity index (χ2n) is 13.1. The highest BCUT2D eigenvalue weighted by atomic mass is 35.5. The number of rotatable bonds is 6. The minimum Gasteiger partial charge on any atom is -0.508 e. The van der Waals surface area contributed by atoms with Crippen molar-refractivity contribution in [3.63, 3.8) is 0 Å². The van der Waals surface area contributed by atoms with Gasteiger partial charge in [0.05, 0.1) is 18.6 Å². The molecule has 232 valence electrons. The van der Waals surface area contributed by atoms with Gasteiger partial charge in [0.15, 0.2) is 5.82 Å². The zero-order valence-electron chi connectivity index (χ0n) is 24.3. The van der Waals surface area contributed by atoms with Crippen LogP contribution in [0.5, 0.6) is 11.8 Å². The third-order valence-electron chi connectivity index (χ3n) is 10.1. The summed E-state index contributed by atoms with van der Waals surface area (Å²) in [5, 5.41) is 14.1. The number of phenolic OH excluding ortho intramolecular Hbond substituents is 1. The number of hydrogen-bond donors (Lipinski definition) is 2. The van der Waals surface area contributed by atoms with Gasteiger partial charge in [0.1, 0.15) is 35.5 Å². The van der Waals surface area contributed by atoms with E-state index < -0.39 is 29.2 Å². The van der Waals surface area contributed by atoms with Crippen LogP contribution in [0.15, 0.2) is 24.3 Å². The van der Waals surface area contributed by atoms with Crippen molar-refractivity contribution in [1.29, 1.82) is 0 Å². The number of piperidine rings is 1. The molecule has 8 rings (SSSR count). The predicted octanol–water partition coefficient (Wildman–Crippen LogP) is 5.71. The maximum atomic E-state index is 16.7. The molecule has 5 heterocycles. The Morgan fingerprint density at radius 1 is 1.16 bits per heavy atom. The number of carbonyl (C=O) groups is 1. The molecule has 0 radical (unpaired) electrons. The van der Waals surface area contributed by atoms with Crippen LogP contribution in [-0.4, -0.2) is 82.7 Å². The minimum atomic E-state index is -0.908. The Balaban J connectivity index is 1.23. The van der Waals surface area contributed by atoms with Crippen molar-refractivity contribution < 1.29 is 28.2 Å². The molecule has 2 N–H and O–H groups in total. The molecular weight excluding hydrogens is 592 g/mol.